The van der Waals surface area contributed by atoms with Crippen LogP contribution in [0.25, 0.3) is 0 Å². The molecule has 0 saturated carbocycles. The van der Waals surface area contributed by atoms with Crippen LogP contribution in [0.1, 0.15) is 34.1 Å². The Morgan fingerprint density at radius 1 is 1.41 bits per heavy atom. The molecule has 0 fully saturated rings. The van der Waals surface area contributed by atoms with Crippen LogP contribution in [0, 0.1) is 17.1 Å². The highest BCUT2D eigenvalue weighted by Crippen LogP contribution is 2.34. The summed E-state index contributed by atoms with van der Waals surface area (Å²) in [4.78, 5) is 20.7. The molecule has 29 heavy (non-hydrogen) atoms. The molecule has 2 N–H and O–H groups in total. The standard InChI is InChI=1S/C20H15ClF2N4O2/c1-20(7-14(8-22)29-19(25)27-20)15-4-11(2-3-16(15)23)5-17(28)18-12(9-24)6-13(21)10-26-18/h2-4,6-7,10H,5,8H2,1H3,(H2,25,27)/t20-/m0/s1. The summed E-state index contributed by atoms with van der Waals surface area (Å²) in [7, 11) is 0. The first-order valence-electron chi connectivity index (χ1n) is 8.44. The number of hydrogen-bond acceptors (Lipinski definition) is 6. The minimum absolute atomic E-state index is 0.0260. The second kappa shape index (κ2) is 7.97. The minimum Gasteiger partial charge on any atom is -0.428 e. The van der Waals surface area contributed by atoms with Gasteiger partial charge >= 0.3 is 0 Å². The van der Waals surface area contributed by atoms with Crippen molar-refractivity contribution in [2.75, 3.05) is 6.67 Å². The number of carbonyl (C=O) groups is 1. The van der Waals surface area contributed by atoms with Gasteiger partial charge in [0.15, 0.2) is 5.78 Å². The Morgan fingerprint density at radius 3 is 2.86 bits per heavy atom. The van der Waals surface area contributed by atoms with Crippen molar-refractivity contribution in [1.82, 2.24) is 4.98 Å². The third-order valence-electron chi connectivity index (χ3n) is 4.33. The third kappa shape index (κ3) is 4.25. The molecule has 1 aliphatic heterocycles. The van der Waals surface area contributed by atoms with Gasteiger partial charge in [-0.3, -0.25) is 9.78 Å². The van der Waals surface area contributed by atoms with Gasteiger partial charge in [-0.25, -0.2) is 13.8 Å². The number of benzene rings is 1. The molecule has 0 unspecified atom stereocenters. The molecule has 9 heteroatoms. The number of ether oxygens (including phenoxy) is 1. The number of rotatable bonds is 5. The Kier molecular flexibility index (Phi) is 5.62. The first-order chi connectivity index (χ1) is 13.8. The molecule has 1 aliphatic rings. The molecule has 0 saturated heterocycles. The van der Waals surface area contributed by atoms with Crippen LogP contribution < -0.4 is 5.73 Å². The van der Waals surface area contributed by atoms with Crippen LogP contribution in [0.5, 0.6) is 0 Å². The molecule has 148 valence electrons. The highest BCUT2D eigenvalue weighted by atomic mass is 35.5. The molecule has 0 amide bonds. The molecule has 3 rings (SSSR count). The van der Waals surface area contributed by atoms with Gasteiger partial charge in [0.1, 0.15) is 35.6 Å². The van der Waals surface area contributed by atoms with E-state index in [9.17, 15) is 18.8 Å². The largest absolute Gasteiger partial charge is 0.428 e. The van der Waals surface area contributed by atoms with E-state index in [1.54, 1.807) is 6.92 Å². The Bertz CT molecular complexity index is 1090. The van der Waals surface area contributed by atoms with E-state index in [-0.39, 0.29) is 40.0 Å². The Morgan fingerprint density at radius 2 is 2.17 bits per heavy atom. The molecule has 0 bridgehead atoms. The first-order valence-corrected chi connectivity index (χ1v) is 8.82. The molecule has 1 atom stereocenters. The lowest BCUT2D eigenvalue weighted by Crippen LogP contribution is -2.31. The van der Waals surface area contributed by atoms with Crippen LogP contribution in [0.3, 0.4) is 0 Å². The average molecular weight is 417 g/mol. The summed E-state index contributed by atoms with van der Waals surface area (Å²) in [5.41, 5.74) is 4.88. The Labute approximate surface area is 170 Å². The molecule has 2 heterocycles. The molecular weight excluding hydrogens is 402 g/mol. The zero-order chi connectivity index (χ0) is 21.2. The zero-order valence-electron chi connectivity index (χ0n) is 15.2. The van der Waals surface area contributed by atoms with Crippen LogP contribution in [0.2, 0.25) is 5.02 Å². The number of aromatic nitrogens is 1. The van der Waals surface area contributed by atoms with E-state index < -0.39 is 23.8 Å². The lowest BCUT2D eigenvalue weighted by Gasteiger charge is -2.28. The number of nitriles is 1. The number of pyridine rings is 1. The second-order valence-electron chi connectivity index (χ2n) is 6.52. The predicted molar refractivity (Wildman–Crippen MR) is 103 cm³/mol. The third-order valence-corrected chi connectivity index (χ3v) is 4.54. The van der Waals surface area contributed by atoms with Crippen LogP contribution in [0.15, 0.2) is 47.3 Å². The number of allylic oxidation sites excluding steroid dienone is 1. The van der Waals surface area contributed by atoms with Crippen LogP contribution in [-0.2, 0) is 16.7 Å². The molecule has 2 aromatic rings. The predicted octanol–water partition coefficient (Wildman–Crippen LogP) is 3.58. The van der Waals surface area contributed by atoms with E-state index in [4.69, 9.17) is 22.1 Å². The van der Waals surface area contributed by atoms with Gasteiger partial charge in [0.05, 0.1) is 10.6 Å². The van der Waals surface area contributed by atoms with Gasteiger partial charge in [0.2, 0.25) is 0 Å². The normalized spacial score (nSPS) is 18.3. The maximum Gasteiger partial charge on any atom is 0.288 e. The van der Waals surface area contributed by atoms with Gasteiger partial charge in [0, 0.05) is 18.2 Å². The number of carbonyl (C=O) groups excluding carboxylic acids is 1. The molecule has 0 spiro atoms. The monoisotopic (exact) mass is 416 g/mol. The van der Waals surface area contributed by atoms with Crippen molar-refractivity contribution in [2.24, 2.45) is 10.7 Å². The number of aliphatic imine (C=N–C) groups is 1. The van der Waals surface area contributed by atoms with Crippen LogP contribution in [-0.4, -0.2) is 23.5 Å². The van der Waals surface area contributed by atoms with Gasteiger partial charge in [-0.1, -0.05) is 17.7 Å². The van der Waals surface area contributed by atoms with Gasteiger partial charge in [0.25, 0.3) is 6.02 Å². The maximum absolute atomic E-state index is 14.6. The fourth-order valence-corrected chi connectivity index (χ4v) is 3.21. The van der Waals surface area contributed by atoms with Crippen molar-refractivity contribution in [1.29, 1.82) is 5.26 Å². The number of hydrogen-bond donors (Lipinski definition) is 1. The van der Waals surface area contributed by atoms with E-state index in [2.05, 4.69) is 9.98 Å². The molecular formula is C20H15ClF2N4O2. The molecule has 1 aromatic heterocycles. The fraction of sp³-hybridized carbons (Fsp3) is 0.200. The van der Waals surface area contributed by atoms with E-state index in [0.29, 0.717) is 5.56 Å². The van der Waals surface area contributed by atoms with E-state index in [1.807, 2.05) is 6.07 Å². The van der Waals surface area contributed by atoms with Crippen molar-refractivity contribution in [2.45, 2.75) is 18.9 Å². The summed E-state index contributed by atoms with van der Waals surface area (Å²) in [6.45, 7) is 0.626. The smallest absolute Gasteiger partial charge is 0.288 e. The quantitative estimate of drug-likeness (QED) is 0.750. The zero-order valence-corrected chi connectivity index (χ0v) is 16.0. The molecule has 0 aliphatic carbocycles. The number of nitrogens with zero attached hydrogens (tertiary/aromatic N) is 3. The van der Waals surface area contributed by atoms with E-state index in [1.165, 1.54) is 36.5 Å². The number of alkyl halides is 1. The second-order valence-corrected chi connectivity index (χ2v) is 6.96. The SMILES string of the molecule is C[C@@]1(c2cc(CC(=O)c3ncc(Cl)cc3C#N)ccc2F)C=C(CF)OC(N)=N1. The van der Waals surface area contributed by atoms with Gasteiger partial charge < -0.3 is 10.5 Å². The number of Topliss-reactive ketones (excluding diaryl/α,β-unsaturated/α-hetero) is 1. The summed E-state index contributed by atoms with van der Waals surface area (Å²) in [6, 6.07) is 7.02. The highest BCUT2D eigenvalue weighted by Gasteiger charge is 2.32. The number of halogens is 3. The number of amidine groups is 1. The average Bonchev–Trinajstić information content (AvgIpc) is 2.68. The summed E-state index contributed by atoms with van der Waals surface area (Å²) in [6.07, 6.45) is 2.47. The summed E-state index contributed by atoms with van der Waals surface area (Å²) in [5, 5.41) is 9.43. The Balaban J connectivity index is 1.96. The van der Waals surface area contributed by atoms with Gasteiger partial charge in [-0.15, -0.1) is 0 Å². The lowest BCUT2D eigenvalue weighted by atomic mass is 9.88. The van der Waals surface area contributed by atoms with Gasteiger partial charge in [-0.2, -0.15) is 5.26 Å². The minimum atomic E-state index is -1.30. The van der Waals surface area contributed by atoms with Crippen molar-refractivity contribution in [3.05, 3.63) is 75.5 Å². The van der Waals surface area contributed by atoms with E-state index in [0.717, 1.165) is 0 Å². The van der Waals surface area contributed by atoms with Crippen LogP contribution >= 0.6 is 11.6 Å². The Hall–Kier alpha value is -3.31. The number of nitrogens with two attached hydrogens (primary N) is 1. The van der Waals surface area contributed by atoms with Crippen molar-refractivity contribution < 1.29 is 18.3 Å². The molecule has 6 nitrogen and oxygen atoms in total. The number of ketones is 1. The summed E-state index contributed by atoms with van der Waals surface area (Å²) < 4.78 is 32.6. The molecule has 1 aromatic carbocycles. The van der Waals surface area contributed by atoms with Crippen molar-refractivity contribution in [3.8, 4) is 6.07 Å². The summed E-state index contributed by atoms with van der Waals surface area (Å²) >= 11 is 5.80. The van der Waals surface area contributed by atoms with Crippen molar-refractivity contribution in [3.63, 3.8) is 0 Å². The highest BCUT2D eigenvalue weighted by molar-refractivity contribution is 6.30. The summed E-state index contributed by atoms with van der Waals surface area (Å²) in [5.74, 6) is -1.11. The van der Waals surface area contributed by atoms with Crippen molar-refractivity contribution >= 4 is 23.4 Å². The van der Waals surface area contributed by atoms with Crippen LogP contribution in [0.4, 0.5) is 8.78 Å². The van der Waals surface area contributed by atoms with E-state index >= 15 is 0 Å². The topological polar surface area (TPSA) is 101 Å². The van der Waals surface area contributed by atoms with Gasteiger partial charge in [-0.05, 0) is 36.8 Å². The first kappa shape index (κ1) is 20.4. The lowest BCUT2D eigenvalue weighted by molar-refractivity contribution is 0.0988. The maximum atomic E-state index is 14.6. The molecule has 0 radical (unpaired) electrons. The fourth-order valence-electron chi connectivity index (χ4n) is 3.05.